The summed E-state index contributed by atoms with van der Waals surface area (Å²) < 4.78 is 5.28. The third-order valence-corrected chi connectivity index (χ3v) is 3.53. The zero-order valence-corrected chi connectivity index (χ0v) is 11.6. The molecule has 3 N–H and O–H groups in total. The predicted molar refractivity (Wildman–Crippen MR) is 79.4 cm³/mol. The zero-order chi connectivity index (χ0) is 15.7. The van der Waals surface area contributed by atoms with Crippen molar-refractivity contribution >= 4 is 11.5 Å². The molecule has 3 rings (SSSR count). The van der Waals surface area contributed by atoms with Crippen molar-refractivity contribution in [1.29, 1.82) is 0 Å². The molecule has 0 aliphatic carbocycles. The second-order valence-corrected chi connectivity index (χ2v) is 5.10. The highest BCUT2D eigenvalue weighted by Gasteiger charge is 2.29. The van der Waals surface area contributed by atoms with Crippen molar-refractivity contribution < 1.29 is 24.9 Å². The van der Waals surface area contributed by atoms with E-state index in [-0.39, 0.29) is 17.2 Å². The van der Waals surface area contributed by atoms with Gasteiger partial charge in [0.25, 0.3) is 0 Å². The number of esters is 1. The first-order valence-corrected chi connectivity index (χ1v) is 6.75. The van der Waals surface area contributed by atoms with Gasteiger partial charge < -0.3 is 20.1 Å². The molecule has 5 heteroatoms. The van der Waals surface area contributed by atoms with Crippen molar-refractivity contribution in [2.75, 3.05) is 0 Å². The highest BCUT2D eigenvalue weighted by molar-refractivity contribution is 5.98. The number of carbonyl (C=O) groups excluding carboxylic acids is 1. The van der Waals surface area contributed by atoms with Crippen LogP contribution in [0.5, 0.6) is 17.2 Å². The van der Waals surface area contributed by atoms with Crippen LogP contribution in [0.25, 0.3) is 5.57 Å². The zero-order valence-electron chi connectivity index (χ0n) is 11.6. The maximum Gasteiger partial charge on any atom is 0.331 e. The molecule has 0 aromatic heterocycles. The Morgan fingerprint density at radius 2 is 1.64 bits per heavy atom. The topological polar surface area (TPSA) is 87.0 Å². The molecule has 0 saturated heterocycles. The first-order valence-electron chi connectivity index (χ1n) is 6.75. The smallest absolute Gasteiger partial charge is 0.331 e. The van der Waals surface area contributed by atoms with Crippen molar-refractivity contribution in [1.82, 2.24) is 0 Å². The van der Waals surface area contributed by atoms with Crippen LogP contribution in [-0.4, -0.2) is 27.4 Å². The monoisotopic (exact) mass is 298 g/mol. The molecule has 0 fully saturated rings. The second-order valence-electron chi connectivity index (χ2n) is 5.10. The second kappa shape index (κ2) is 5.44. The number of aromatic hydroxyl groups is 3. The molecule has 1 atom stereocenters. The van der Waals surface area contributed by atoms with Crippen LogP contribution in [0.4, 0.5) is 0 Å². The van der Waals surface area contributed by atoms with Crippen LogP contribution >= 0.6 is 0 Å². The highest BCUT2D eigenvalue weighted by atomic mass is 16.5. The van der Waals surface area contributed by atoms with Crippen LogP contribution in [0, 0.1) is 0 Å². The van der Waals surface area contributed by atoms with Crippen LogP contribution < -0.4 is 0 Å². The quantitative estimate of drug-likeness (QED) is 0.757. The van der Waals surface area contributed by atoms with E-state index in [1.165, 1.54) is 18.2 Å². The van der Waals surface area contributed by atoms with Crippen LogP contribution in [0.1, 0.15) is 11.1 Å². The van der Waals surface area contributed by atoms with E-state index in [9.17, 15) is 20.1 Å². The van der Waals surface area contributed by atoms with Gasteiger partial charge in [-0.05, 0) is 29.8 Å². The third kappa shape index (κ3) is 2.74. The molecule has 1 aliphatic rings. The molecule has 2 aromatic carbocycles. The van der Waals surface area contributed by atoms with E-state index in [1.807, 2.05) is 0 Å². The van der Waals surface area contributed by atoms with Gasteiger partial charge in [0.05, 0.1) is 0 Å². The fourth-order valence-electron chi connectivity index (χ4n) is 2.47. The summed E-state index contributed by atoms with van der Waals surface area (Å²) in [5.74, 6) is -0.465. The number of benzene rings is 2. The Morgan fingerprint density at radius 3 is 2.32 bits per heavy atom. The fraction of sp³-hybridized carbons (Fsp3) is 0.118. The molecular formula is C17H14O5. The normalized spacial score (nSPS) is 17.2. The van der Waals surface area contributed by atoms with Crippen LogP contribution in [0.3, 0.4) is 0 Å². The Balaban J connectivity index is 1.89. The largest absolute Gasteiger partial charge is 0.508 e. The van der Waals surface area contributed by atoms with E-state index in [2.05, 4.69) is 0 Å². The van der Waals surface area contributed by atoms with E-state index in [4.69, 9.17) is 4.74 Å². The highest BCUT2D eigenvalue weighted by Crippen LogP contribution is 2.35. The molecule has 22 heavy (non-hydrogen) atoms. The summed E-state index contributed by atoms with van der Waals surface area (Å²) in [7, 11) is 0. The van der Waals surface area contributed by atoms with E-state index in [0.717, 1.165) is 5.56 Å². The number of carbonyl (C=O) groups is 1. The molecule has 1 heterocycles. The van der Waals surface area contributed by atoms with Gasteiger partial charge >= 0.3 is 5.97 Å². The summed E-state index contributed by atoms with van der Waals surface area (Å²) in [5.41, 5.74) is 1.91. The van der Waals surface area contributed by atoms with Gasteiger partial charge in [0.2, 0.25) is 0 Å². The molecule has 0 amide bonds. The number of cyclic esters (lactones) is 1. The number of hydrogen-bond donors (Lipinski definition) is 3. The minimum Gasteiger partial charge on any atom is -0.508 e. The summed E-state index contributed by atoms with van der Waals surface area (Å²) >= 11 is 0. The van der Waals surface area contributed by atoms with Crippen molar-refractivity contribution in [3.63, 3.8) is 0 Å². The number of rotatable bonds is 3. The maximum atomic E-state index is 11.6. The molecule has 112 valence electrons. The van der Waals surface area contributed by atoms with Crippen molar-refractivity contribution in [2.24, 2.45) is 0 Å². The number of hydrogen-bond acceptors (Lipinski definition) is 5. The van der Waals surface area contributed by atoms with Crippen LogP contribution in [0.15, 0.2) is 48.5 Å². The summed E-state index contributed by atoms with van der Waals surface area (Å²) in [6.45, 7) is 0. The summed E-state index contributed by atoms with van der Waals surface area (Å²) in [4.78, 5) is 11.6. The third-order valence-electron chi connectivity index (χ3n) is 3.53. The van der Waals surface area contributed by atoms with Gasteiger partial charge in [-0.25, -0.2) is 4.79 Å². The number of phenols is 3. The average molecular weight is 298 g/mol. The summed E-state index contributed by atoms with van der Waals surface area (Å²) in [5, 5.41) is 28.6. The Bertz CT molecular complexity index is 746. The van der Waals surface area contributed by atoms with E-state index >= 15 is 0 Å². The van der Waals surface area contributed by atoms with Gasteiger partial charge in [0, 0.05) is 29.7 Å². The van der Waals surface area contributed by atoms with Crippen molar-refractivity contribution in [3.8, 4) is 17.2 Å². The molecule has 5 nitrogen and oxygen atoms in total. The van der Waals surface area contributed by atoms with Gasteiger partial charge in [0.1, 0.15) is 23.4 Å². The minimum atomic E-state index is -0.521. The lowest BCUT2D eigenvalue weighted by Crippen LogP contribution is -2.14. The Kier molecular flexibility index (Phi) is 3.47. The molecule has 0 spiro atoms. The lowest BCUT2D eigenvalue weighted by molar-refractivity contribution is -0.138. The molecule has 1 aliphatic heterocycles. The fourth-order valence-corrected chi connectivity index (χ4v) is 2.47. The van der Waals surface area contributed by atoms with E-state index in [1.54, 1.807) is 30.3 Å². The summed E-state index contributed by atoms with van der Waals surface area (Å²) in [6.07, 6.45) is 1.25. The standard InChI is InChI=1S/C17H14O5/c18-11-3-1-10(2-4-11)7-16-14(9-17(21)22-16)13-6-5-12(19)8-15(13)20/h1-6,8-9,16,18-20H,7H2/t16-/m0/s1. The van der Waals surface area contributed by atoms with Gasteiger partial charge in [-0.15, -0.1) is 0 Å². The van der Waals surface area contributed by atoms with Crippen LogP contribution in [-0.2, 0) is 16.0 Å². The van der Waals surface area contributed by atoms with Gasteiger partial charge in [0.15, 0.2) is 0 Å². The average Bonchev–Trinajstić information content (AvgIpc) is 2.82. The molecule has 0 bridgehead atoms. The first kappa shape index (κ1) is 14.0. The first-order chi connectivity index (χ1) is 10.5. The van der Waals surface area contributed by atoms with E-state index in [0.29, 0.717) is 17.6 Å². The molecule has 0 radical (unpaired) electrons. The Hall–Kier alpha value is -2.95. The van der Waals surface area contributed by atoms with Crippen molar-refractivity contribution in [2.45, 2.75) is 12.5 Å². The molecule has 2 aromatic rings. The minimum absolute atomic E-state index is 0.0535. The van der Waals surface area contributed by atoms with Gasteiger partial charge in [-0.3, -0.25) is 0 Å². The maximum absolute atomic E-state index is 11.6. The molecular weight excluding hydrogens is 284 g/mol. The molecule has 0 saturated carbocycles. The van der Waals surface area contributed by atoms with Crippen LogP contribution in [0.2, 0.25) is 0 Å². The van der Waals surface area contributed by atoms with Gasteiger partial charge in [-0.1, -0.05) is 12.1 Å². The predicted octanol–water partition coefficient (Wildman–Crippen LogP) is 2.35. The number of ether oxygens (including phenoxy) is 1. The Labute approximate surface area is 126 Å². The lowest BCUT2D eigenvalue weighted by atomic mass is 9.95. The number of phenolic OH excluding ortho intramolecular Hbond substituents is 3. The lowest BCUT2D eigenvalue weighted by Gasteiger charge is -2.15. The summed E-state index contributed by atoms with van der Waals surface area (Å²) in [6, 6.07) is 10.8. The SMILES string of the molecule is O=C1C=C(c2ccc(O)cc2O)[C@H](Cc2ccc(O)cc2)O1. The van der Waals surface area contributed by atoms with Gasteiger partial charge in [-0.2, -0.15) is 0 Å². The van der Waals surface area contributed by atoms with Crippen molar-refractivity contribution in [3.05, 3.63) is 59.7 Å². The van der Waals surface area contributed by atoms with E-state index < -0.39 is 12.1 Å². The molecule has 0 unspecified atom stereocenters. The Morgan fingerprint density at radius 1 is 0.955 bits per heavy atom.